The molecule has 68 valence electrons. The first-order chi connectivity index (χ1) is 5.43. The number of nitrogens with zero attached hydrogens (tertiary/aromatic N) is 1. The predicted octanol–water partition coefficient (Wildman–Crippen LogP) is 1.68. The minimum atomic E-state index is 0.703. The molecule has 0 saturated heterocycles. The summed E-state index contributed by atoms with van der Waals surface area (Å²) < 4.78 is 0. The van der Waals surface area contributed by atoms with Crippen LogP contribution in [0.3, 0.4) is 0 Å². The topological polar surface area (TPSA) is 29.3 Å². The Balaban J connectivity index is 4.37. The molecule has 0 aliphatic rings. The fourth-order valence-corrected chi connectivity index (χ4v) is 0.783. The molecule has 0 aliphatic heterocycles. The van der Waals surface area contributed by atoms with E-state index in [4.69, 9.17) is 18.0 Å². The van der Waals surface area contributed by atoms with Gasteiger partial charge in [0, 0.05) is 19.8 Å². The Morgan fingerprint density at radius 2 is 1.75 bits per heavy atom. The summed E-state index contributed by atoms with van der Waals surface area (Å²) >= 11 is 5.05. The molecular weight excluding hydrogens is 168 g/mol. The molecule has 0 bridgehead atoms. The van der Waals surface area contributed by atoms with Gasteiger partial charge in [-0.2, -0.15) is 0 Å². The second kappa shape index (κ2) is 4.93. The van der Waals surface area contributed by atoms with Crippen molar-refractivity contribution < 1.29 is 0 Å². The van der Waals surface area contributed by atoms with Crippen molar-refractivity contribution in [3.8, 4) is 0 Å². The summed E-state index contributed by atoms with van der Waals surface area (Å²) in [5, 5.41) is 0. The molecule has 0 rings (SSSR count). The minimum absolute atomic E-state index is 0.703. The smallest absolute Gasteiger partial charge is 0.103 e. The Labute approximate surface area is 79.7 Å². The van der Waals surface area contributed by atoms with E-state index in [1.54, 1.807) is 6.08 Å². The zero-order valence-corrected chi connectivity index (χ0v) is 8.90. The Kier molecular flexibility index (Phi) is 4.59. The fourth-order valence-electron chi connectivity index (χ4n) is 0.647. The normalized spacial score (nSPS) is 10.8. The predicted molar refractivity (Wildman–Crippen MR) is 58.0 cm³/mol. The number of thiocarbonyl (C=S) groups is 1. The van der Waals surface area contributed by atoms with E-state index in [0.717, 1.165) is 4.99 Å². The van der Waals surface area contributed by atoms with Crippen LogP contribution >= 0.6 is 12.2 Å². The number of allylic oxidation sites excluding steroid dienone is 2. The monoisotopic (exact) mass is 184 g/mol. The average Bonchev–Trinajstić information content (AvgIpc) is 1.84. The zero-order chi connectivity index (χ0) is 9.72. The molecule has 3 heteroatoms. The van der Waals surface area contributed by atoms with E-state index in [1.165, 1.54) is 5.57 Å². The minimum Gasteiger partial charge on any atom is -0.399 e. The van der Waals surface area contributed by atoms with Crippen LogP contribution in [0.15, 0.2) is 23.4 Å². The van der Waals surface area contributed by atoms with Crippen LogP contribution in [0.25, 0.3) is 0 Å². The molecule has 2 nitrogen and oxygen atoms in total. The van der Waals surface area contributed by atoms with Gasteiger partial charge in [-0.25, -0.2) is 0 Å². The molecule has 12 heavy (non-hydrogen) atoms. The third-order valence-corrected chi connectivity index (χ3v) is 1.67. The van der Waals surface area contributed by atoms with Gasteiger partial charge in [0.25, 0.3) is 0 Å². The lowest BCUT2D eigenvalue weighted by atomic mass is 10.2. The molecule has 0 aromatic carbocycles. The number of hydrogen-bond acceptors (Lipinski definition) is 2. The molecule has 2 N–H and O–H groups in total. The molecule has 0 saturated carbocycles. The summed E-state index contributed by atoms with van der Waals surface area (Å²) in [4.78, 5) is 2.59. The van der Waals surface area contributed by atoms with Gasteiger partial charge in [-0.1, -0.05) is 17.8 Å². The van der Waals surface area contributed by atoms with Crippen LogP contribution in [0, 0.1) is 0 Å². The van der Waals surface area contributed by atoms with Crippen molar-refractivity contribution in [3.63, 3.8) is 0 Å². The van der Waals surface area contributed by atoms with Crippen LogP contribution in [-0.4, -0.2) is 24.0 Å². The lowest BCUT2D eigenvalue weighted by Gasteiger charge is -2.09. The average molecular weight is 184 g/mol. The van der Waals surface area contributed by atoms with Crippen molar-refractivity contribution in [2.24, 2.45) is 5.73 Å². The fraction of sp³-hybridized carbons (Fsp3) is 0.444. The van der Waals surface area contributed by atoms with E-state index >= 15 is 0 Å². The quantitative estimate of drug-likeness (QED) is 0.402. The van der Waals surface area contributed by atoms with E-state index in [2.05, 4.69) is 0 Å². The van der Waals surface area contributed by atoms with Crippen molar-refractivity contribution in [2.45, 2.75) is 13.8 Å². The van der Waals surface area contributed by atoms with Gasteiger partial charge in [0.15, 0.2) is 0 Å². The van der Waals surface area contributed by atoms with Crippen LogP contribution in [-0.2, 0) is 0 Å². The third kappa shape index (κ3) is 4.91. The molecule has 0 fully saturated rings. The summed E-state index contributed by atoms with van der Waals surface area (Å²) in [7, 11) is 3.79. The van der Waals surface area contributed by atoms with Gasteiger partial charge in [0.1, 0.15) is 4.99 Å². The van der Waals surface area contributed by atoms with Crippen LogP contribution in [0.5, 0.6) is 0 Å². The maximum atomic E-state index is 5.68. The number of hydrogen-bond donors (Lipinski definition) is 1. The molecule has 0 spiro atoms. The highest BCUT2D eigenvalue weighted by atomic mass is 32.1. The maximum absolute atomic E-state index is 5.68. The van der Waals surface area contributed by atoms with Crippen molar-refractivity contribution in [1.29, 1.82) is 0 Å². The van der Waals surface area contributed by atoms with E-state index in [9.17, 15) is 0 Å². The second-order valence-corrected chi connectivity index (χ2v) is 3.52. The number of nitrogens with two attached hydrogens (primary N) is 1. The summed E-state index contributed by atoms with van der Waals surface area (Å²) in [6.07, 6.45) is 3.68. The Bertz CT molecular complexity index is 223. The molecule has 0 radical (unpaired) electrons. The van der Waals surface area contributed by atoms with Crippen LogP contribution in [0.4, 0.5) is 0 Å². The van der Waals surface area contributed by atoms with Gasteiger partial charge in [-0.15, -0.1) is 0 Å². The Morgan fingerprint density at radius 1 is 1.25 bits per heavy atom. The Morgan fingerprint density at radius 3 is 2.08 bits per heavy atom. The summed E-state index contributed by atoms with van der Waals surface area (Å²) in [6.45, 7) is 4.00. The third-order valence-electron chi connectivity index (χ3n) is 1.19. The highest BCUT2D eigenvalue weighted by Gasteiger charge is 1.93. The zero-order valence-electron chi connectivity index (χ0n) is 8.09. The van der Waals surface area contributed by atoms with Crippen LogP contribution in [0.1, 0.15) is 13.8 Å². The molecule has 0 amide bonds. The highest BCUT2D eigenvalue weighted by molar-refractivity contribution is 7.80. The SMILES string of the molecule is CC(C)=C/C(N)=C\C(=S)N(C)C. The number of likely N-dealkylation sites (N-methyl/N-ethyl adjacent to an activating group) is 1. The van der Waals surface area contributed by atoms with Gasteiger partial charge in [0.2, 0.25) is 0 Å². The molecule has 0 aliphatic carbocycles. The first-order valence-corrected chi connectivity index (χ1v) is 4.17. The number of rotatable bonds is 2. The molecule has 0 unspecified atom stereocenters. The van der Waals surface area contributed by atoms with Gasteiger partial charge >= 0.3 is 0 Å². The van der Waals surface area contributed by atoms with Gasteiger partial charge in [-0.3, -0.25) is 0 Å². The first-order valence-electron chi connectivity index (χ1n) is 3.77. The van der Waals surface area contributed by atoms with Crippen LogP contribution in [0.2, 0.25) is 0 Å². The second-order valence-electron chi connectivity index (χ2n) is 3.10. The summed E-state index contributed by atoms with van der Waals surface area (Å²) in [6, 6.07) is 0. The molecule has 0 atom stereocenters. The van der Waals surface area contributed by atoms with E-state index in [1.807, 2.05) is 38.9 Å². The molecule has 0 aromatic rings. The lowest BCUT2D eigenvalue weighted by molar-refractivity contribution is 0.639. The van der Waals surface area contributed by atoms with Gasteiger partial charge < -0.3 is 10.6 Å². The lowest BCUT2D eigenvalue weighted by Crippen LogP contribution is -2.18. The highest BCUT2D eigenvalue weighted by Crippen LogP contribution is 1.97. The van der Waals surface area contributed by atoms with E-state index in [0.29, 0.717) is 5.70 Å². The molecular formula is C9H16N2S. The first kappa shape index (κ1) is 11.2. The largest absolute Gasteiger partial charge is 0.399 e. The summed E-state index contributed by atoms with van der Waals surface area (Å²) in [5.74, 6) is 0. The Hall–Kier alpha value is -0.830. The van der Waals surface area contributed by atoms with Crippen molar-refractivity contribution >= 4 is 17.2 Å². The van der Waals surface area contributed by atoms with Crippen molar-refractivity contribution in [3.05, 3.63) is 23.4 Å². The van der Waals surface area contributed by atoms with Gasteiger partial charge in [-0.05, 0) is 26.0 Å². The summed E-state index contributed by atoms with van der Waals surface area (Å²) in [5.41, 5.74) is 7.56. The standard InChI is InChI=1S/C9H16N2S/c1-7(2)5-8(10)6-9(12)11(3)4/h5-6H,10H2,1-4H3/b8-6+. The van der Waals surface area contributed by atoms with E-state index < -0.39 is 0 Å². The van der Waals surface area contributed by atoms with E-state index in [-0.39, 0.29) is 0 Å². The van der Waals surface area contributed by atoms with Crippen molar-refractivity contribution in [1.82, 2.24) is 4.90 Å². The maximum Gasteiger partial charge on any atom is 0.103 e. The van der Waals surface area contributed by atoms with Crippen LogP contribution < -0.4 is 5.73 Å². The van der Waals surface area contributed by atoms with Gasteiger partial charge in [0.05, 0.1) is 0 Å². The molecule has 0 heterocycles. The molecule has 0 aromatic heterocycles. The van der Waals surface area contributed by atoms with Crippen molar-refractivity contribution in [2.75, 3.05) is 14.1 Å².